The molecule has 3 rings (SSSR count). The van der Waals surface area contributed by atoms with Crippen molar-refractivity contribution < 1.29 is 4.74 Å². The number of H-pyrrole nitrogens is 1. The van der Waals surface area contributed by atoms with Crippen molar-refractivity contribution in [3.63, 3.8) is 0 Å². The molecule has 1 saturated heterocycles. The Balaban J connectivity index is 1.66. The highest BCUT2D eigenvalue weighted by atomic mass is 79.9. The molecule has 5 heteroatoms. The Kier molecular flexibility index (Phi) is 3.96. The summed E-state index contributed by atoms with van der Waals surface area (Å²) in [7, 11) is 0. The molecule has 1 aromatic carbocycles. The Morgan fingerprint density at radius 3 is 2.95 bits per heavy atom. The summed E-state index contributed by atoms with van der Waals surface area (Å²) in [5, 5.41) is 0. The first-order chi connectivity index (χ1) is 9.31. The van der Waals surface area contributed by atoms with Crippen LogP contribution in [0.3, 0.4) is 0 Å². The van der Waals surface area contributed by atoms with Crippen LogP contribution in [0.1, 0.15) is 17.5 Å². The Hall–Kier alpha value is -1.17. The van der Waals surface area contributed by atoms with Gasteiger partial charge in [0.15, 0.2) is 0 Å². The fourth-order valence-corrected chi connectivity index (χ4v) is 2.59. The largest absolute Gasteiger partial charge is 0.371 e. The maximum absolute atomic E-state index is 5.87. The van der Waals surface area contributed by atoms with E-state index in [1.54, 1.807) is 6.20 Å². The van der Waals surface area contributed by atoms with Crippen molar-refractivity contribution in [2.45, 2.75) is 12.6 Å². The van der Waals surface area contributed by atoms with Gasteiger partial charge in [-0.1, -0.05) is 28.1 Å². The van der Waals surface area contributed by atoms with Crippen LogP contribution in [-0.2, 0) is 11.3 Å². The highest BCUT2D eigenvalue weighted by Crippen LogP contribution is 2.24. The molecule has 1 fully saturated rings. The van der Waals surface area contributed by atoms with E-state index < -0.39 is 0 Å². The van der Waals surface area contributed by atoms with E-state index in [0.717, 1.165) is 36.5 Å². The zero-order valence-electron chi connectivity index (χ0n) is 10.6. The van der Waals surface area contributed by atoms with E-state index in [0.29, 0.717) is 0 Å². The molecule has 4 nitrogen and oxygen atoms in total. The molecule has 0 radical (unpaired) electrons. The first-order valence-corrected chi connectivity index (χ1v) is 7.18. The van der Waals surface area contributed by atoms with E-state index in [-0.39, 0.29) is 6.10 Å². The number of aromatic nitrogens is 2. The number of morpholine rings is 1. The van der Waals surface area contributed by atoms with Crippen LogP contribution in [0.5, 0.6) is 0 Å². The second-order valence-corrected chi connectivity index (χ2v) is 5.60. The van der Waals surface area contributed by atoms with Gasteiger partial charge in [0.05, 0.1) is 19.3 Å². The molecule has 0 amide bonds. The molecular formula is C14H16BrN3O. The van der Waals surface area contributed by atoms with Gasteiger partial charge in [-0.15, -0.1) is 0 Å². The Morgan fingerprint density at radius 2 is 2.21 bits per heavy atom. The van der Waals surface area contributed by atoms with Gasteiger partial charge in [0.2, 0.25) is 0 Å². The zero-order valence-corrected chi connectivity index (χ0v) is 12.1. The Bertz CT molecular complexity index is 512. The van der Waals surface area contributed by atoms with E-state index in [2.05, 4.69) is 55.1 Å². The number of aromatic amines is 1. The molecule has 100 valence electrons. The number of hydrogen-bond donors (Lipinski definition) is 1. The van der Waals surface area contributed by atoms with Crippen molar-refractivity contribution in [2.24, 2.45) is 0 Å². The molecule has 1 N–H and O–H groups in total. The quantitative estimate of drug-likeness (QED) is 0.945. The van der Waals surface area contributed by atoms with Gasteiger partial charge >= 0.3 is 0 Å². The minimum absolute atomic E-state index is 0.150. The lowest BCUT2D eigenvalue weighted by Gasteiger charge is -2.32. The van der Waals surface area contributed by atoms with Gasteiger partial charge in [-0.05, 0) is 17.7 Å². The van der Waals surface area contributed by atoms with Gasteiger partial charge in [0.1, 0.15) is 5.82 Å². The highest BCUT2D eigenvalue weighted by Gasteiger charge is 2.22. The molecule has 2 heterocycles. The van der Waals surface area contributed by atoms with E-state index in [9.17, 15) is 0 Å². The molecule has 1 aliphatic rings. The third kappa shape index (κ3) is 3.23. The van der Waals surface area contributed by atoms with Gasteiger partial charge in [0.25, 0.3) is 0 Å². The lowest BCUT2D eigenvalue weighted by atomic mass is 10.1. The van der Waals surface area contributed by atoms with Crippen LogP contribution in [0.2, 0.25) is 0 Å². The van der Waals surface area contributed by atoms with Crippen LogP contribution in [0.15, 0.2) is 41.1 Å². The number of nitrogens with one attached hydrogen (secondary N) is 1. The SMILES string of the molecule is Brc1ccc([C@@H]2CN(Cc3ncc[nH]3)CCO2)cc1. The fourth-order valence-electron chi connectivity index (χ4n) is 2.32. The molecule has 0 saturated carbocycles. The molecule has 19 heavy (non-hydrogen) atoms. The molecule has 1 aromatic heterocycles. The highest BCUT2D eigenvalue weighted by molar-refractivity contribution is 9.10. The summed E-state index contributed by atoms with van der Waals surface area (Å²) < 4.78 is 6.96. The number of hydrogen-bond acceptors (Lipinski definition) is 3. The van der Waals surface area contributed by atoms with Crippen LogP contribution in [0.25, 0.3) is 0 Å². The van der Waals surface area contributed by atoms with E-state index in [4.69, 9.17) is 4.74 Å². The molecule has 0 spiro atoms. The smallest absolute Gasteiger partial charge is 0.120 e. The van der Waals surface area contributed by atoms with Crippen molar-refractivity contribution in [3.8, 4) is 0 Å². The number of imidazole rings is 1. The number of rotatable bonds is 3. The summed E-state index contributed by atoms with van der Waals surface area (Å²) in [6.45, 7) is 3.47. The zero-order chi connectivity index (χ0) is 13.1. The minimum Gasteiger partial charge on any atom is -0.371 e. The summed E-state index contributed by atoms with van der Waals surface area (Å²) in [6.07, 6.45) is 3.81. The third-order valence-electron chi connectivity index (χ3n) is 3.32. The standard InChI is InChI=1S/C14H16BrN3O/c15-12-3-1-11(2-4-12)13-9-18(7-8-19-13)10-14-16-5-6-17-14/h1-6,13H,7-10H2,(H,16,17)/t13-/m0/s1. The van der Waals surface area contributed by atoms with Crippen LogP contribution in [0.4, 0.5) is 0 Å². The summed E-state index contributed by atoms with van der Waals surface area (Å²) in [5.41, 5.74) is 1.23. The summed E-state index contributed by atoms with van der Waals surface area (Å²) >= 11 is 3.46. The van der Waals surface area contributed by atoms with Crippen molar-refractivity contribution >= 4 is 15.9 Å². The normalized spacial score (nSPS) is 20.6. The van der Waals surface area contributed by atoms with Gasteiger partial charge in [-0.3, -0.25) is 4.90 Å². The summed E-state index contributed by atoms with van der Waals surface area (Å²) in [4.78, 5) is 9.79. The lowest BCUT2D eigenvalue weighted by molar-refractivity contribution is -0.0336. The van der Waals surface area contributed by atoms with Crippen molar-refractivity contribution in [1.29, 1.82) is 0 Å². The molecule has 0 bridgehead atoms. The lowest BCUT2D eigenvalue weighted by Crippen LogP contribution is -2.38. The van der Waals surface area contributed by atoms with Crippen LogP contribution in [-0.4, -0.2) is 34.6 Å². The molecule has 2 aromatic rings. The number of benzene rings is 1. The summed E-state index contributed by atoms with van der Waals surface area (Å²) in [5.74, 6) is 1.01. The maximum Gasteiger partial charge on any atom is 0.120 e. The Labute approximate surface area is 120 Å². The van der Waals surface area contributed by atoms with Crippen LogP contribution < -0.4 is 0 Å². The monoisotopic (exact) mass is 321 g/mol. The second kappa shape index (κ2) is 5.86. The van der Waals surface area contributed by atoms with Crippen molar-refractivity contribution in [1.82, 2.24) is 14.9 Å². The summed E-state index contributed by atoms with van der Waals surface area (Å²) in [6, 6.07) is 8.35. The number of nitrogens with zero attached hydrogens (tertiary/aromatic N) is 2. The van der Waals surface area contributed by atoms with Crippen LogP contribution >= 0.6 is 15.9 Å². The minimum atomic E-state index is 0.150. The van der Waals surface area contributed by atoms with E-state index >= 15 is 0 Å². The third-order valence-corrected chi connectivity index (χ3v) is 3.85. The van der Waals surface area contributed by atoms with Gasteiger partial charge in [0, 0.05) is 30.0 Å². The topological polar surface area (TPSA) is 41.2 Å². The molecule has 0 aliphatic carbocycles. The predicted octanol–water partition coefficient (Wildman–Crippen LogP) is 2.75. The van der Waals surface area contributed by atoms with Gasteiger partial charge in [-0.2, -0.15) is 0 Å². The van der Waals surface area contributed by atoms with Crippen LogP contribution in [0, 0.1) is 0 Å². The molecule has 1 aliphatic heterocycles. The van der Waals surface area contributed by atoms with Crippen molar-refractivity contribution in [2.75, 3.05) is 19.7 Å². The van der Waals surface area contributed by atoms with Gasteiger partial charge in [-0.25, -0.2) is 4.98 Å². The molecule has 1 atom stereocenters. The van der Waals surface area contributed by atoms with E-state index in [1.807, 2.05) is 6.20 Å². The average molecular weight is 322 g/mol. The number of ether oxygens (including phenoxy) is 1. The fraction of sp³-hybridized carbons (Fsp3) is 0.357. The second-order valence-electron chi connectivity index (χ2n) is 4.68. The first kappa shape index (κ1) is 12.8. The van der Waals surface area contributed by atoms with Gasteiger partial charge < -0.3 is 9.72 Å². The molecule has 0 unspecified atom stereocenters. The Morgan fingerprint density at radius 1 is 1.37 bits per heavy atom. The predicted molar refractivity (Wildman–Crippen MR) is 76.7 cm³/mol. The maximum atomic E-state index is 5.87. The number of halogens is 1. The van der Waals surface area contributed by atoms with Crippen molar-refractivity contribution in [3.05, 3.63) is 52.5 Å². The van der Waals surface area contributed by atoms with E-state index in [1.165, 1.54) is 5.56 Å². The average Bonchev–Trinajstić information content (AvgIpc) is 2.93. The first-order valence-electron chi connectivity index (χ1n) is 6.39. The molecular weight excluding hydrogens is 306 g/mol.